The second-order valence-electron chi connectivity index (χ2n) is 2.79. The zero-order valence-corrected chi connectivity index (χ0v) is 10.7. The topological polar surface area (TPSA) is 64.7 Å². The Labute approximate surface area is 103 Å². The molecule has 0 amide bonds. The molecule has 15 heavy (non-hydrogen) atoms. The van der Waals surface area contributed by atoms with Crippen molar-refractivity contribution in [1.82, 2.24) is 15.0 Å². The second kappa shape index (κ2) is 4.24. The summed E-state index contributed by atoms with van der Waals surface area (Å²) in [6, 6.07) is 3.52. The summed E-state index contributed by atoms with van der Waals surface area (Å²) in [6.07, 6.45) is 3.29. The van der Waals surface area contributed by atoms with Crippen LogP contribution in [0.5, 0.6) is 0 Å². The number of hydrogen-bond donors (Lipinski definition) is 1. The van der Waals surface area contributed by atoms with Crippen LogP contribution in [0.4, 0.5) is 5.82 Å². The molecule has 0 atom stereocenters. The van der Waals surface area contributed by atoms with Crippen LogP contribution in [0, 0.1) is 0 Å². The summed E-state index contributed by atoms with van der Waals surface area (Å²) < 4.78 is 1.71. The molecule has 0 aliphatic carbocycles. The number of anilines is 1. The van der Waals surface area contributed by atoms with Gasteiger partial charge in [-0.1, -0.05) is 0 Å². The van der Waals surface area contributed by atoms with Gasteiger partial charge in [-0.25, -0.2) is 9.97 Å². The number of nitrogen functional groups attached to an aromatic ring is 1. The molecule has 6 heteroatoms. The molecular weight excluding hydrogens is 324 g/mol. The molecule has 2 heterocycles. The Hall–Kier alpha value is -1.01. The summed E-state index contributed by atoms with van der Waals surface area (Å²) >= 11 is 6.72. The summed E-state index contributed by atoms with van der Waals surface area (Å²) in [5.41, 5.74) is 6.24. The maximum atomic E-state index is 5.57. The molecule has 2 aromatic rings. The minimum atomic E-state index is 0.427. The van der Waals surface area contributed by atoms with Crippen molar-refractivity contribution in [3.63, 3.8) is 0 Å². The summed E-state index contributed by atoms with van der Waals surface area (Å²) in [6.45, 7) is 0. The molecule has 76 valence electrons. The summed E-state index contributed by atoms with van der Waals surface area (Å²) in [4.78, 5) is 12.4. The van der Waals surface area contributed by atoms with E-state index in [4.69, 9.17) is 5.73 Å². The van der Waals surface area contributed by atoms with Crippen molar-refractivity contribution in [1.29, 1.82) is 0 Å². The van der Waals surface area contributed by atoms with E-state index in [1.54, 1.807) is 18.5 Å². The van der Waals surface area contributed by atoms with E-state index >= 15 is 0 Å². The molecule has 2 N–H and O–H groups in total. The Kier molecular flexibility index (Phi) is 2.97. The van der Waals surface area contributed by atoms with Gasteiger partial charge in [0.15, 0.2) is 5.82 Å². The number of aromatic nitrogens is 3. The lowest BCUT2D eigenvalue weighted by atomic mass is 10.3. The minimum absolute atomic E-state index is 0.427. The van der Waals surface area contributed by atoms with E-state index < -0.39 is 0 Å². The Morgan fingerprint density at radius 1 is 1.20 bits per heavy atom. The smallest absolute Gasteiger partial charge is 0.181 e. The maximum Gasteiger partial charge on any atom is 0.181 e. The lowest BCUT2D eigenvalue weighted by Crippen LogP contribution is -1.96. The van der Waals surface area contributed by atoms with Gasteiger partial charge >= 0.3 is 0 Å². The maximum absolute atomic E-state index is 5.57. The fourth-order valence-electron chi connectivity index (χ4n) is 1.07. The molecule has 4 nitrogen and oxygen atoms in total. The van der Waals surface area contributed by atoms with Gasteiger partial charge in [0.1, 0.15) is 11.5 Å². The Morgan fingerprint density at radius 3 is 2.67 bits per heavy atom. The van der Waals surface area contributed by atoms with Gasteiger partial charge in [0, 0.05) is 21.3 Å². The van der Waals surface area contributed by atoms with Crippen molar-refractivity contribution in [3.8, 4) is 11.5 Å². The lowest BCUT2D eigenvalue weighted by Gasteiger charge is -2.02. The molecule has 2 rings (SSSR count). The van der Waals surface area contributed by atoms with E-state index in [0.717, 1.165) is 8.95 Å². The molecule has 0 radical (unpaired) electrons. The van der Waals surface area contributed by atoms with Crippen LogP contribution in [0.2, 0.25) is 0 Å². The first-order valence-electron chi connectivity index (χ1n) is 4.07. The highest BCUT2D eigenvalue weighted by molar-refractivity contribution is 9.11. The highest BCUT2D eigenvalue weighted by Crippen LogP contribution is 2.26. The van der Waals surface area contributed by atoms with Gasteiger partial charge in [0.05, 0.1) is 0 Å². The quantitative estimate of drug-likeness (QED) is 0.873. The summed E-state index contributed by atoms with van der Waals surface area (Å²) in [5.74, 6) is 0.936. The Balaban J connectivity index is 2.54. The SMILES string of the molecule is Nc1ccnc(-c2ncc(Br)cc2Br)n1. The Morgan fingerprint density at radius 2 is 2.00 bits per heavy atom. The van der Waals surface area contributed by atoms with Crippen LogP contribution < -0.4 is 5.73 Å². The first-order valence-corrected chi connectivity index (χ1v) is 5.65. The van der Waals surface area contributed by atoms with Gasteiger partial charge in [-0.2, -0.15) is 0 Å². The van der Waals surface area contributed by atoms with Gasteiger partial charge in [0.25, 0.3) is 0 Å². The van der Waals surface area contributed by atoms with Gasteiger partial charge in [-0.15, -0.1) is 0 Å². The number of rotatable bonds is 1. The van der Waals surface area contributed by atoms with E-state index in [-0.39, 0.29) is 0 Å². The third-order valence-electron chi connectivity index (χ3n) is 1.70. The standard InChI is InChI=1S/C9H6Br2N4/c10-5-3-6(11)8(14-4-5)9-13-2-1-7(12)15-9/h1-4H,(H2,12,13,15). The van der Waals surface area contributed by atoms with Crippen LogP contribution in [0.3, 0.4) is 0 Å². The lowest BCUT2D eigenvalue weighted by molar-refractivity contribution is 1.14. The third kappa shape index (κ3) is 2.32. The van der Waals surface area contributed by atoms with Crippen molar-refractivity contribution < 1.29 is 0 Å². The highest BCUT2D eigenvalue weighted by atomic mass is 79.9. The average molecular weight is 330 g/mol. The van der Waals surface area contributed by atoms with Crippen LogP contribution in [0.15, 0.2) is 33.5 Å². The molecule has 0 fully saturated rings. The second-order valence-corrected chi connectivity index (χ2v) is 4.56. The van der Waals surface area contributed by atoms with E-state index in [2.05, 4.69) is 46.8 Å². The number of nitrogens with zero attached hydrogens (tertiary/aromatic N) is 3. The van der Waals surface area contributed by atoms with E-state index in [1.807, 2.05) is 6.07 Å². The molecule has 0 saturated heterocycles. The molecule has 0 bridgehead atoms. The molecular formula is C9H6Br2N4. The molecule has 2 aromatic heterocycles. The number of hydrogen-bond acceptors (Lipinski definition) is 4. The first kappa shape index (κ1) is 10.5. The van der Waals surface area contributed by atoms with Gasteiger partial charge in [-0.05, 0) is 44.0 Å². The first-order chi connectivity index (χ1) is 7.16. The van der Waals surface area contributed by atoms with Crippen LogP contribution >= 0.6 is 31.9 Å². The molecule has 0 saturated carbocycles. The predicted octanol–water partition coefficient (Wildman–Crippen LogP) is 2.65. The monoisotopic (exact) mass is 328 g/mol. The van der Waals surface area contributed by atoms with Crippen LogP contribution in [-0.2, 0) is 0 Å². The fourth-order valence-corrected chi connectivity index (χ4v) is 2.23. The van der Waals surface area contributed by atoms with Crippen LogP contribution in [0.1, 0.15) is 0 Å². The van der Waals surface area contributed by atoms with Crippen molar-refractivity contribution in [2.45, 2.75) is 0 Å². The largest absolute Gasteiger partial charge is 0.384 e. The third-order valence-corrected chi connectivity index (χ3v) is 2.73. The van der Waals surface area contributed by atoms with E-state index in [0.29, 0.717) is 17.3 Å². The number of halogens is 2. The normalized spacial score (nSPS) is 10.3. The van der Waals surface area contributed by atoms with Gasteiger partial charge in [-0.3, -0.25) is 4.98 Å². The molecule has 0 unspecified atom stereocenters. The average Bonchev–Trinajstić information content (AvgIpc) is 2.17. The van der Waals surface area contributed by atoms with Crippen molar-refractivity contribution in [2.24, 2.45) is 0 Å². The van der Waals surface area contributed by atoms with E-state index in [9.17, 15) is 0 Å². The fraction of sp³-hybridized carbons (Fsp3) is 0. The number of nitrogens with two attached hydrogens (primary N) is 1. The summed E-state index contributed by atoms with van der Waals surface area (Å²) in [7, 11) is 0. The highest BCUT2D eigenvalue weighted by Gasteiger charge is 2.08. The zero-order chi connectivity index (χ0) is 10.8. The minimum Gasteiger partial charge on any atom is -0.384 e. The molecule has 0 aromatic carbocycles. The molecule has 0 aliphatic rings. The number of pyridine rings is 1. The van der Waals surface area contributed by atoms with Crippen molar-refractivity contribution in [3.05, 3.63) is 33.5 Å². The van der Waals surface area contributed by atoms with Gasteiger partial charge in [0.2, 0.25) is 0 Å². The molecule has 0 spiro atoms. The van der Waals surface area contributed by atoms with Gasteiger partial charge < -0.3 is 5.73 Å². The Bertz CT molecular complexity index is 501. The molecule has 0 aliphatic heterocycles. The summed E-state index contributed by atoms with van der Waals surface area (Å²) in [5, 5.41) is 0. The van der Waals surface area contributed by atoms with Crippen molar-refractivity contribution in [2.75, 3.05) is 5.73 Å². The predicted molar refractivity (Wildman–Crippen MR) is 65.1 cm³/mol. The zero-order valence-electron chi connectivity index (χ0n) is 7.48. The van der Waals surface area contributed by atoms with E-state index in [1.165, 1.54) is 0 Å². The van der Waals surface area contributed by atoms with Crippen molar-refractivity contribution >= 4 is 37.7 Å². The van der Waals surface area contributed by atoms with Crippen LogP contribution in [-0.4, -0.2) is 15.0 Å². The van der Waals surface area contributed by atoms with Crippen LogP contribution in [0.25, 0.3) is 11.5 Å².